The molecule has 0 bridgehead atoms. The van der Waals surface area contributed by atoms with E-state index < -0.39 is 0 Å². The van der Waals surface area contributed by atoms with Crippen molar-refractivity contribution in [1.82, 2.24) is 10.2 Å². The van der Waals surface area contributed by atoms with Crippen molar-refractivity contribution in [3.8, 4) is 0 Å². The summed E-state index contributed by atoms with van der Waals surface area (Å²) in [6, 6.07) is 10.9. The van der Waals surface area contributed by atoms with Crippen molar-refractivity contribution in [3.05, 3.63) is 42.0 Å². The lowest BCUT2D eigenvalue weighted by molar-refractivity contribution is 0.306. The molecule has 0 spiro atoms. The highest BCUT2D eigenvalue weighted by atomic mass is 15.1. The number of nitrogens with zero attached hydrogens (tertiary/aromatic N) is 1. The Morgan fingerprint density at radius 2 is 1.94 bits per heavy atom. The summed E-state index contributed by atoms with van der Waals surface area (Å²) in [5.74, 6) is 0. The molecule has 1 N–H and O–H groups in total. The second-order valence-corrected chi connectivity index (χ2v) is 4.28. The number of hydrogen-bond donors (Lipinski definition) is 1. The van der Waals surface area contributed by atoms with Crippen LogP contribution in [0.3, 0.4) is 0 Å². The number of likely N-dealkylation sites (N-methyl/N-ethyl adjacent to an activating group) is 1. The van der Waals surface area contributed by atoms with E-state index in [0.29, 0.717) is 6.04 Å². The first kappa shape index (κ1) is 12.9. The van der Waals surface area contributed by atoms with E-state index in [4.69, 9.17) is 0 Å². The van der Waals surface area contributed by atoms with Crippen LogP contribution in [0.25, 0.3) is 6.08 Å². The maximum absolute atomic E-state index is 3.41. The quantitative estimate of drug-likeness (QED) is 0.737. The molecule has 88 valence electrons. The largest absolute Gasteiger partial charge is 0.312 e. The second-order valence-electron chi connectivity index (χ2n) is 4.28. The van der Waals surface area contributed by atoms with Crippen molar-refractivity contribution in [1.29, 1.82) is 0 Å². The van der Waals surface area contributed by atoms with E-state index in [-0.39, 0.29) is 0 Å². The van der Waals surface area contributed by atoms with Crippen molar-refractivity contribution in [2.45, 2.75) is 13.0 Å². The highest BCUT2D eigenvalue weighted by Crippen LogP contribution is 1.99. The van der Waals surface area contributed by atoms with Gasteiger partial charge in [-0.2, -0.15) is 0 Å². The zero-order chi connectivity index (χ0) is 11.8. The van der Waals surface area contributed by atoms with Gasteiger partial charge in [-0.25, -0.2) is 0 Å². The van der Waals surface area contributed by atoms with Crippen molar-refractivity contribution >= 4 is 6.08 Å². The molecular weight excluding hydrogens is 196 g/mol. The zero-order valence-electron chi connectivity index (χ0n) is 10.5. The van der Waals surface area contributed by atoms with E-state index in [1.165, 1.54) is 5.56 Å². The second kappa shape index (κ2) is 7.20. The van der Waals surface area contributed by atoms with E-state index in [0.717, 1.165) is 13.1 Å². The Bertz CT molecular complexity index is 304. The molecule has 2 nitrogen and oxygen atoms in total. The maximum atomic E-state index is 3.41. The molecule has 16 heavy (non-hydrogen) atoms. The van der Waals surface area contributed by atoms with E-state index in [2.05, 4.69) is 67.7 Å². The molecule has 0 amide bonds. The predicted molar refractivity (Wildman–Crippen MR) is 71.5 cm³/mol. The number of benzene rings is 1. The molecule has 1 atom stereocenters. The van der Waals surface area contributed by atoms with Crippen molar-refractivity contribution in [3.63, 3.8) is 0 Å². The Balaban J connectivity index is 2.19. The van der Waals surface area contributed by atoms with Gasteiger partial charge in [0.05, 0.1) is 0 Å². The highest BCUT2D eigenvalue weighted by Gasteiger charge is 2.01. The van der Waals surface area contributed by atoms with Gasteiger partial charge in [-0.3, -0.25) is 0 Å². The Kier molecular flexibility index (Phi) is 5.83. The van der Waals surface area contributed by atoms with Crippen LogP contribution in [0.1, 0.15) is 12.5 Å². The van der Waals surface area contributed by atoms with Crippen LogP contribution in [-0.2, 0) is 0 Å². The Morgan fingerprint density at radius 1 is 1.25 bits per heavy atom. The summed E-state index contributed by atoms with van der Waals surface area (Å²) in [4.78, 5) is 2.22. The molecule has 0 aliphatic carbocycles. The van der Waals surface area contributed by atoms with Gasteiger partial charge >= 0.3 is 0 Å². The first-order valence-electron chi connectivity index (χ1n) is 5.79. The van der Waals surface area contributed by atoms with Crippen LogP contribution < -0.4 is 5.32 Å². The fourth-order valence-electron chi connectivity index (χ4n) is 1.32. The smallest absolute Gasteiger partial charge is 0.0186 e. The summed E-state index contributed by atoms with van der Waals surface area (Å²) in [6.07, 6.45) is 4.31. The minimum Gasteiger partial charge on any atom is -0.312 e. The summed E-state index contributed by atoms with van der Waals surface area (Å²) in [5, 5.41) is 3.41. The summed E-state index contributed by atoms with van der Waals surface area (Å²) in [7, 11) is 4.21. The van der Waals surface area contributed by atoms with Crippen LogP contribution in [0.15, 0.2) is 36.4 Å². The van der Waals surface area contributed by atoms with Crippen molar-refractivity contribution in [2.24, 2.45) is 0 Å². The minimum atomic E-state index is 0.574. The summed E-state index contributed by atoms with van der Waals surface area (Å²) in [6.45, 7) is 4.16. The number of nitrogens with one attached hydrogen (secondary N) is 1. The van der Waals surface area contributed by atoms with Gasteiger partial charge in [0.15, 0.2) is 0 Å². The molecule has 1 aromatic rings. The third kappa shape index (κ3) is 5.10. The molecule has 1 rings (SSSR count). The average Bonchev–Trinajstić information content (AvgIpc) is 2.29. The van der Waals surface area contributed by atoms with Crippen LogP contribution in [0.5, 0.6) is 0 Å². The molecular formula is C14H22N2. The van der Waals surface area contributed by atoms with Gasteiger partial charge in [-0.15, -0.1) is 0 Å². The summed E-state index contributed by atoms with van der Waals surface area (Å²) < 4.78 is 0. The topological polar surface area (TPSA) is 15.3 Å². The fourth-order valence-corrected chi connectivity index (χ4v) is 1.32. The molecule has 0 heterocycles. The standard InChI is InChI=1S/C14H22N2/c1-13(16(2)3)12-15-11-7-10-14-8-5-4-6-9-14/h4-10,13,15H,11-12H2,1-3H3. The van der Waals surface area contributed by atoms with Gasteiger partial charge in [-0.1, -0.05) is 42.5 Å². The van der Waals surface area contributed by atoms with Gasteiger partial charge < -0.3 is 10.2 Å². The van der Waals surface area contributed by atoms with Gasteiger partial charge in [0.25, 0.3) is 0 Å². The zero-order valence-corrected chi connectivity index (χ0v) is 10.5. The number of rotatable bonds is 6. The minimum absolute atomic E-state index is 0.574. The molecule has 2 heteroatoms. The molecule has 0 fully saturated rings. The Labute approximate surface area is 99.0 Å². The van der Waals surface area contributed by atoms with Gasteiger partial charge in [0.2, 0.25) is 0 Å². The van der Waals surface area contributed by atoms with E-state index >= 15 is 0 Å². The number of hydrogen-bond acceptors (Lipinski definition) is 2. The normalized spacial score (nSPS) is 13.5. The average molecular weight is 218 g/mol. The van der Waals surface area contributed by atoms with Gasteiger partial charge in [0.1, 0.15) is 0 Å². The third-order valence-electron chi connectivity index (χ3n) is 2.69. The molecule has 1 aromatic carbocycles. The van der Waals surface area contributed by atoms with E-state index in [9.17, 15) is 0 Å². The van der Waals surface area contributed by atoms with E-state index in [1.54, 1.807) is 0 Å². The summed E-state index contributed by atoms with van der Waals surface area (Å²) in [5.41, 5.74) is 1.25. The molecule has 1 unspecified atom stereocenters. The molecule has 0 saturated carbocycles. The van der Waals surface area contributed by atoms with Crippen LogP contribution in [0, 0.1) is 0 Å². The van der Waals surface area contributed by atoms with Crippen molar-refractivity contribution in [2.75, 3.05) is 27.2 Å². The molecule has 0 aromatic heterocycles. The SMILES string of the molecule is CC(CNCC=Cc1ccccc1)N(C)C. The van der Waals surface area contributed by atoms with Crippen LogP contribution in [0.4, 0.5) is 0 Å². The first-order chi connectivity index (χ1) is 7.70. The molecule has 0 radical (unpaired) electrons. The van der Waals surface area contributed by atoms with Crippen LogP contribution >= 0.6 is 0 Å². The first-order valence-corrected chi connectivity index (χ1v) is 5.79. The monoisotopic (exact) mass is 218 g/mol. The predicted octanol–water partition coefficient (Wildman–Crippen LogP) is 2.24. The highest BCUT2D eigenvalue weighted by molar-refractivity contribution is 5.48. The third-order valence-corrected chi connectivity index (χ3v) is 2.69. The maximum Gasteiger partial charge on any atom is 0.0186 e. The Hall–Kier alpha value is -1.12. The van der Waals surface area contributed by atoms with Crippen LogP contribution in [-0.4, -0.2) is 38.1 Å². The lowest BCUT2D eigenvalue weighted by Crippen LogP contribution is -2.35. The summed E-state index contributed by atoms with van der Waals surface area (Å²) >= 11 is 0. The lowest BCUT2D eigenvalue weighted by atomic mass is 10.2. The van der Waals surface area contributed by atoms with Crippen molar-refractivity contribution < 1.29 is 0 Å². The fraction of sp³-hybridized carbons (Fsp3) is 0.429. The Morgan fingerprint density at radius 3 is 2.56 bits per heavy atom. The molecule has 0 aliphatic rings. The van der Waals surface area contributed by atoms with Crippen LogP contribution in [0.2, 0.25) is 0 Å². The van der Waals surface area contributed by atoms with Gasteiger partial charge in [-0.05, 0) is 26.6 Å². The van der Waals surface area contributed by atoms with E-state index in [1.807, 2.05) is 6.07 Å². The molecule has 0 aliphatic heterocycles. The van der Waals surface area contributed by atoms with Gasteiger partial charge in [0, 0.05) is 19.1 Å². The molecule has 0 saturated heterocycles. The lowest BCUT2D eigenvalue weighted by Gasteiger charge is -2.19.